The number of fused-ring (bicyclic) bond motifs is 2. The Bertz CT molecular complexity index is 584. The maximum Gasteiger partial charge on any atom is 0.0936 e. The Labute approximate surface area is 108 Å². The van der Waals surface area contributed by atoms with Crippen LogP contribution in [-0.4, -0.2) is 5.11 Å². The van der Waals surface area contributed by atoms with Gasteiger partial charge in [0, 0.05) is 5.92 Å². The van der Waals surface area contributed by atoms with E-state index in [0.717, 1.165) is 12.0 Å². The van der Waals surface area contributed by atoms with Crippen LogP contribution in [0.5, 0.6) is 0 Å². The quantitative estimate of drug-likeness (QED) is 0.743. The predicted molar refractivity (Wildman–Crippen MR) is 73.7 cm³/mol. The Kier molecular flexibility index (Phi) is 2.53. The van der Waals surface area contributed by atoms with E-state index in [1.54, 1.807) is 0 Å². The normalized spacial score (nSPS) is 26.1. The molecule has 3 rings (SSSR count). The molecule has 1 aliphatic carbocycles. The summed E-state index contributed by atoms with van der Waals surface area (Å²) in [4.78, 5) is 0. The van der Waals surface area contributed by atoms with Crippen LogP contribution in [0, 0.1) is 0 Å². The van der Waals surface area contributed by atoms with E-state index >= 15 is 0 Å². The Morgan fingerprint density at radius 2 is 1.61 bits per heavy atom. The molecule has 92 valence electrons. The zero-order valence-corrected chi connectivity index (χ0v) is 10.9. The van der Waals surface area contributed by atoms with Crippen LogP contribution >= 0.6 is 0 Å². The van der Waals surface area contributed by atoms with Gasteiger partial charge in [-0.1, -0.05) is 55.5 Å². The Hall–Kier alpha value is -1.60. The predicted octanol–water partition coefficient (Wildman–Crippen LogP) is 3.60. The third-order valence-corrected chi connectivity index (χ3v) is 4.31. The summed E-state index contributed by atoms with van der Waals surface area (Å²) >= 11 is 0. The summed E-state index contributed by atoms with van der Waals surface area (Å²) in [6.07, 6.45) is 0.910. The van der Waals surface area contributed by atoms with Crippen molar-refractivity contribution < 1.29 is 5.11 Å². The molecule has 1 nitrogen and oxygen atoms in total. The van der Waals surface area contributed by atoms with E-state index < -0.39 is 5.60 Å². The lowest BCUT2D eigenvalue weighted by atomic mass is 9.80. The first kappa shape index (κ1) is 11.5. The van der Waals surface area contributed by atoms with E-state index in [1.807, 2.05) is 19.1 Å². The molecule has 2 aromatic rings. The van der Waals surface area contributed by atoms with Gasteiger partial charge in [0.05, 0.1) is 5.60 Å². The molecule has 2 unspecified atom stereocenters. The smallest absolute Gasteiger partial charge is 0.0936 e. The third kappa shape index (κ3) is 1.58. The number of rotatable bonds is 0. The Balaban J connectivity index is 2.27. The fourth-order valence-electron chi connectivity index (χ4n) is 3.03. The molecular weight excluding hydrogens is 220 g/mol. The third-order valence-electron chi connectivity index (χ3n) is 4.31. The highest BCUT2D eigenvalue weighted by molar-refractivity contribution is 5.45. The van der Waals surface area contributed by atoms with E-state index in [2.05, 4.69) is 43.3 Å². The average molecular weight is 238 g/mol. The van der Waals surface area contributed by atoms with Gasteiger partial charge in [-0.2, -0.15) is 0 Å². The molecule has 0 aliphatic heterocycles. The van der Waals surface area contributed by atoms with Crippen LogP contribution < -0.4 is 0 Å². The summed E-state index contributed by atoms with van der Waals surface area (Å²) in [7, 11) is 0. The average Bonchev–Trinajstić information content (AvgIpc) is 2.46. The molecule has 0 heterocycles. The van der Waals surface area contributed by atoms with Crippen LogP contribution in [0.15, 0.2) is 48.5 Å². The monoisotopic (exact) mass is 238 g/mol. The van der Waals surface area contributed by atoms with Crippen molar-refractivity contribution in [2.45, 2.75) is 31.8 Å². The van der Waals surface area contributed by atoms with E-state index in [-0.39, 0.29) is 5.92 Å². The van der Waals surface area contributed by atoms with E-state index in [9.17, 15) is 5.11 Å². The summed E-state index contributed by atoms with van der Waals surface area (Å²) in [5.41, 5.74) is 4.09. The van der Waals surface area contributed by atoms with Gasteiger partial charge in [0.1, 0.15) is 0 Å². The highest BCUT2D eigenvalue weighted by Gasteiger charge is 2.36. The second-order valence-corrected chi connectivity index (χ2v) is 5.40. The van der Waals surface area contributed by atoms with Crippen molar-refractivity contribution in [3.05, 3.63) is 70.8 Å². The molecule has 0 fully saturated rings. The van der Waals surface area contributed by atoms with Gasteiger partial charge in [-0.15, -0.1) is 0 Å². The summed E-state index contributed by atoms with van der Waals surface area (Å²) in [5.74, 6) is 0.109. The fourth-order valence-corrected chi connectivity index (χ4v) is 3.03. The first-order chi connectivity index (χ1) is 8.60. The lowest BCUT2D eigenvalue weighted by Crippen LogP contribution is -2.28. The van der Waals surface area contributed by atoms with Crippen LogP contribution in [0.3, 0.4) is 0 Å². The van der Waals surface area contributed by atoms with Gasteiger partial charge in [0.25, 0.3) is 0 Å². The minimum atomic E-state index is -0.802. The van der Waals surface area contributed by atoms with Crippen molar-refractivity contribution in [3.63, 3.8) is 0 Å². The molecule has 0 saturated heterocycles. The molecule has 1 aliphatic rings. The second-order valence-electron chi connectivity index (χ2n) is 5.40. The number of aliphatic hydroxyl groups is 1. The van der Waals surface area contributed by atoms with Crippen LogP contribution in [-0.2, 0) is 12.0 Å². The Morgan fingerprint density at radius 1 is 1.00 bits per heavy atom. The van der Waals surface area contributed by atoms with E-state index in [0.29, 0.717) is 0 Å². The Morgan fingerprint density at radius 3 is 2.39 bits per heavy atom. The molecule has 1 heteroatoms. The second kappa shape index (κ2) is 3.96. The highest BCUT2D eigenvalue weighted by Crippen LogP contribution is 2.42. The van der Waals surface area contributed by atoms with Gasteiger partial charge in [0.15, 0.2) is 0 Å². The zero-order chi connectivity index (χ0) is 12.8. The van der Waals surface area contributed by atoms with Crippen molar-refractivity contribution in [1.82, 2.24) is 0 Å². The van der Waals surface area contributed by atoms with E-state index in [1.165, 1.54) is 16.7 Å². The van der Waals surface area contributed by atoms with Gasteiger partial charge in [-0.05, 0) is 35.6 Å². The van der Waals surface area contributed by atoms with Crippen molar-refractivity contribution in [2.75, 3.05) is 0 Å². The lowest BCUT2D eigenvalue weighted by molar-refractivity contribution is 0.0326. The van der Waals surface area contributed by atoms with Crippen molar-refractivity contribution in [3.8, 4) is 0 Å². The minimum Gasteiger partial charge on any atom is -0.385 e. The van der Waals surface area contributed by atoms with Gasteiger partial charge in [-0.3, -0.25) is 0 Å². The van der Waals surface area contributed by atoms with Crippen molar-refractivity contribution in [1.29, 1.82) is 0 Å². The minimum absolute atomic E-state index is 0.109. The van der Waals surface area contributed by atoms with Gasteiger partial charge < -0.3 is 5.11 Å². The number of hydrogen-bond acceptors (Lipinski definition) is 1. The van der Waals surface area contributed by atoms with E-state index in [4.69, 9.17) is 0 Å². The topological polar surface area (TPSA) is 20.2 Å². The van der Waals surface area contributed by atoms with Crippen molar-refractivity contribution in [2.24, 2.45) is 0 Å². The largest absolute Gasteiger partial charge is 0.385 e. The van der Waals surface area contributed by atoms with Gasteiger partial charge in [-0.25, -0.2) is 0 Å². The number of hydrogen-bond donors (Lipinski definition) is 1. The fraction of sp³-hybridized carbons (Fsp3) is 0.294. The van der Waals surface area contributed by atoms with Crippen LogP contribution in [0.2, 0.25) is 0 Å². The molecule has 0 bridgehead atoms. The molecule has 0 radical (unpaired) electrons. The summed E-state index contributed by atoms with van der Waals surface area (Å²) in [5, 5.41) is 10.9. The molecule has 2 atom stereocenters. The first-order valence-corrected chi connectivity index (χ1v) is 6.49. The lowest BCUT2D eigenvalue weighted by Gasteiger charge is -2.31. The molecular formula is C17H18O. The molecule has 0 saturated carbocycles. The maximum atomic E-state index is 10.9. The first-order valence-electron chi connectivity index (χ1n) is 6.49. The summed E-state index contributed by atoms with van der Waals surface area (Å²) in [6.45, 7) is 4.04. The molecule has 0 aromatic heterocycles. The molecule has 0 amide bonds. The van der Waals surface area contributed by atoms with Crippen LogP contribution in [0.1, 0.15) is 42.0 Å². The SMILES string of the molecule is CC1c2ccccc2Cc2ccccc2C1(C)O. The highest BCUT2D eigenvalue weighted by atomic mass is 16.3. The molecule has 0 spiro atoms. The summed E-state index contributed by atoms with van der Waals surface area (Å²) in [6, 6.07) is 16.7. The molecule has 1 N–H and O–H groups in total. The van der Waals surface area contributed by atoms with Crippen molar-refractivity contribution >= 4 is 0 Å². The summed E-state index contributed by atoms with van der Waals surface area (Å²) < 4.78 is 0. The maximum absolute atomic E-state index is 10.9. The van der Waals surface area contributed by atoms with Crippen LogP contribution in [0.25, 0.3) is 0 Å². The van der Waals surface area contributed by atoms with Crippen LogP contribution in [0.4, 0.5) is 0 Å². The standard InChI is InChI=1S/C17H18O/c1-12-15-9-5-3-7-13(15)11-14-8-4-6-10-16(14)17(12,2)18/h3-10,12,18H,11H2,1-2H3. The molecule has 2 aromatic carbocycles. The number of benzene rings is 2. The van der Waals surface area contributed by atoms with Gasteiger partial charge in [0.2, 0.25) is 0 Å². The molecule has 18 heavy (non-hydrogen) atoms. The van der Waals surface area contributed by atoms with Gasteiger partial charge >= 0.3 is 0 Å². The zero-order valence-electron chi connectivity index (χ0n) is 10.9.